The summed E-state index contributed by atoms with van der Waals surface area (Å²) in [5.41, 5.74) is 1.16. The number of carbonyl (C=O) groups is 1. The van der Waals surface area contributed by atoms with Crippen LogP contribution in [0.4, 0.5) is 0 Å². The molecule has 1 amide bonds. The lowest BCUT2D eigenvalue weighted by Gasteiger charge is -2.38. The third kappa shape index (κ3) is 3.48. The fraction of sp³-hybridized carbons (Fsp3) is 0.556. The van der Waals surface area contributed by atoms with Crippen molar-refractivity contribution in [2.24, 2.45) is 5.41 Å². The quantitative estimate of drug-likeness (QED) is 0.846. The Morgan fingerprint density at radius 2 is 1.88 bits per heavy atom. The lowest BCUT2D eigenvalue weighted by Crippen LogP contribution is -2.40. The highest BCUT2D eigenvalue weighted by atomic mass is 32.1. The van der Waals surface area contributed by atoms with Crippen LogP contribution >= 0.6 is 11.3 Å². The van der Waals surface area contributed by atoms with Crippen LogP contribution in [0.1, 0.15) is 54.9 Å². The third-order valence-electron chi connectivity index (χ3n) is 4.92. The van der Waals surface area contributed by atoms with Crippen molar-refractivity contribution in [1.29, 1.82) is 0 Å². The largest absolute Gasteiger partial charge is 0.338 e. The van der Waals surface area contributed by atoms with Gasteiger partial charge in [-0.25, -0.2) is 15.0 Å². The Hall–Kier alpha value is -1.82. The highest BCUT2D eigenvalue weighted by Gasteiger charge is 2.32. The zero-order chi connectivity index (χ0) is 17.3. The van der Waals surface area contributed by atoms with E-state index in [9.17, 15) is 4.79 Å². The van der Waals surface area contributed by atoms with Gasteiger partial charge in [-0.2, -0.15) is 0 Å². The van der Waals surface area contributed by atoms with Crippen LogP contribution in [0, 0.1) is 12.3 Å². The number of hydrogen-bond acceptors (Lipinski definition) is 5. The Morgan fingerprint density at radius 1 is 1.25 bits per heavy atom. The maximum absolute atomic E-state index is 12.9. The molecule has 128 valence electrons. The Bertz CT molecular complexity index is 716. The molecule has 2 aromatic heterocycles. The summed E-state index contributed by atoms with van der Waals surface area (Å²) in [6.45, 7) is 6.50. The van der Waals surface area contributed by atoms with Gasteiger partial charge in [0.25, 0.3) is 5.91 Å². The number of amides is 1. The predicted octanol–water partition coefficient (Wildman–Crippen LogP) is 3.95. The van der Waals surface area contributed by atoms with Crippen LogP contribution in [0.2, 0.25) is 0 Å². The first-order valence-corrected chi connectivity index (χ1v) is 9.21. The SMILES string of the molecule is Cc1nc(-c2ncccn2)sc1C(=O)N(C)C1CCC(C)(C)CC1. The van der Waals surface area contributed by atoms with E-state index in [0.717, 1.165) is 18.5 Å². The van der Waals surface area contributed by atoms with Crippen LogP contribution in [-0.4, -0.2) is 38.8 Å². The molecule has 1 fully saturated rings. The molecule has 0 radical (unpaired) electrons. The van der Waals surface area contributed by atoms with E-state index in [1.54, 1.807) is 18.5 Å². The summed E-state index contributed by atoms with van der Waals surface area (Å²) < 4.78 is 0. The van der Waals surface area contributed by atoms with E-state index in [0.29, 0.717) is 27.2 Å². The molecule has 0 atom stereocenters. The van der Waals surface area contributed by atoms with Crippen molar-refractivity contribution in [3.05, 3.63) is 29.0 Å². The standard InChI is InChI=1S/C18H24N4OS/c1-12-14(24-16(21-12)15-19-10-5-11-20-15)17(23)22(4)13-6-8-18(2,3)9-7-13/h5,10-11,13H,6-9H2,1-4H3. The fourth-order valence-corrected chi connectivity index (χ4v) is 4.19. The molecule has 0 unspecified atom stereocenters. The second-order valence-electron chi connectivity index (χ2n) is 7.32. The minimum absolute atomic E-state index is 0.0666. The molecule has 0 aliphatic heterocycles. The molecule has 2 heterocycles. The van der Waals surface area contributed by atoms with Crippen molar-refractivity contribution in [3.8, 4) is 10.8 Å². The Morgan fingerprint density at radius 3 is 2.50 bits per heavy atom. The molecular formula is C18H24N4OS. The average molecular weight is 344 g/mol. The number of aromatic nitrogens is 3. The van der Waals surface area contributed by atoms with Crippen LogP contribution < -0.4 is 0 Å². The molecule has 0 aromatic carbocycles. The van der Waals surface area contributed by atoms with Crippen molar-refractivity contribution >= 4 is 17.2 Å². The molecule has 6 heteroatoms. The topological polar surface area (TPSA) is 59.0 Å². The lowest BCUT2D eigenvalue weighted by molar-refractivity contribution is 0.0639. The van der Waals surface area contributed by atoms with E-state index in [4.69, 9.17) is 0 Å². The highest BCUT2D eigenvalue weighted by molar-refractivity contribution is 7.17. The molecule has 0 bridgehead atoms. The van der Waals surface area contributed by atoms with Gasteiger partial charge < -0.3 is 4.90 Å². The summed E-state index contributed by atoms with van der Waals surface area (Å²) in [5, 5.41) is 0.703. The third-order valence-corrected chi connectivity index (χ3v) is 6.07. The van der Waals surface area contributed by atoms with Crippen LogP contribution in [0.25, 0.3) is 10.8 Å². The molecule has 0 N–H and O–H groups in total. The molecule has 5 nitrogen and oxygen atoms in total. The van der Waals surface area contributed by atoms with Gasteiger partial charge in [-0.05, 0) is 44.1 Å². The van der Waals surface area contributed by atoms with Gasteiger partial charge in [0.2, 0.25) is 0 Å². The first-order valence-electron chi connectivity index (χ1n) is 8.39. The van der Waals surface area contributed by atoms with E-state index < -0.39 is 0 Å². The molecule has 3 rings (SSSR count). The fourth-order valence-electron chi connectivity index (χ4n) is 3.20. The van der Waals surface area contributed by atoms with Crippen molar-refractivity contribution in [2.45, 2.75) is 52.5 Å². The smallest absolute Gasteiger partial charge is 0.265 e. The van der Waals surface area contributed by atoms with E-state index in [-0.39, 0.29) is 5.91 Å². The molecule has 24 heavy (non-hydrogen) atoms. The Balaban J connectivity index is 1.77. The second-order valence-corrected chi connectivity index (χ2v) is 8.32. The first kappa shape index (κ1) is 17.0. The van der Waals surface area contributed by atoms with E-state index in [1.807, 2.05) is 18.9 Å². The average Bonchev–Trinajstić information content (AvgIpc) is 2.96. The minimum Gasteiger partial charge on any atom is -0.338 e. The molecule has 1 saturated carbocycles. The van der Waals surface area contributed by atoms with Gasteiger partial charge >= 0.3 is 0 Å². The monoisotopic (exact) mass is 344 g/mol. The Labute approximate surface area is 147 Å². The maximum Gasteiger partial charge on any atom is 0.265 e. The summed E-state index contributed by atoms with van der Waals surface area (Å²) in [7, 11) is 1.92. The second kappa shape index (κ2) is 6.59. The number of nitrogens with zero attached hydrogens (tertiary/aromatic N) is 4. The number of thiazole rings is 1. The van der Waals surface area contributed by atoms with Crippen molar-refractivity contribution in [1.82, 2.24) is 19.9 Å². The van der Waals surface area contributed by atoms with Crippen molar-refractivity contribution in [2.75, 3.05) is 7.05 Å². The van der Waals surface area contributed by atoms with Gasteiger partial charge in [-0.1, -0.05) is 13.8 Å². The summed E-state index contributed by atoms with van der Waals surface area (Å²) in [4.78, 5) is 28.5. The number of carbonyl (C=O) groups excluding carboxylic acids is 1. The van der Waals surface area contributed by atoms with Crippen LogP contribution in [-0.2, 0) is 0 Å². The van der Waals surface area contributed by atoms with E-state index >= 15 is 0 Å². The van der Waals surface area contributed by atoms with Crippen LogP contribution in [0.15, 0.2) is 18.5 Å². The molecule has 1 aliphatic rings. The van der Waals surface area contributed by atoms with Gasteiger partial charge in [-0.15, -0.1) is 11.3 Å². The minimum atomic E-state index is 0.0666. The maximum atomic E-state index is 12.9. The normalized spacial score (nSPS) is 17.7. The zero-order valence-corrected chi connectivity index (χ0v) is 15.6. The van der Waals surface area contributed by atoms with Gasteiger partial charge in [-0.3, -0.25) is 4.79 Å². The first-order chi connectivity index (χ1) is 11.4. The van der Waals surface area contributed by atoms with E-state index in [2.05, 4.69) is 28.8 Å². The van der Waals surface area contributed by atoms with Crippen molar-refractivity contribution < 1.29 is 4.79 Å². The zero-order valence-electron chi connectivity index (χ0n) is 14.7. The van der Waals surface area contributed by atoms with Crippen LogP contribution in [0.3, 0.4) is 0 Å². The summed E-state index contributed by atoms with van der Waals surface area (Å²) in [6, 6.07) is 2.09. The van der Waals surface area contributed by atoms with Crippen molar-refractivity contribution in [3.63, 3.8) is 0 Å². The van der Waals surface area contributed by atoms with Crippen LogP contribution in [0.5, 0.6) is 0 Å². The summed E-state index contributed by atoms with van der Waals surface area (Å²) >= 11 is 1.39. The molecule has 0 spiro atoms. The number of aryl methyl sites for hydroxylation is 1. The lowest BCUT2D eigenvalue weighted by atomic mass is 9.75. The van der Waals surface area contributed by atoms with E-state index in [1.165, 1.54) is 24.2 Å². The van der Waals surface area contributed by atoms with Gasteiger partial charge in [0.1, 0.15) is 4.88 Å². The molecule has 2 aromatic rings. The number of hydrogen-bond donors (Lipinski definition) is 0. The number of rotatable bonds is 3. The van der Waals surface area contributed by atoms with Gasteiger partial charge in [0.15, 0.2) is 10.8 Å². The predicted molar refractivity (Wildman–Crippen MR) is 96.0 cm³/mol. The molecule has 0 saturated heterocycles. The van der Waals surface area contributed by atoms with Gasteiger partial charge in [0.05, 0.1) is 5.69 Å². The molecule has 1 aliphatic carbocycles. The molecular weight excluding hydrogens is 320 g/mol. The summed E-state index contributed by atoms with van der Waals surface area (Å²) in [5.74, 6) is 0.642. The highest BCUT2D eigenvalue weighted by Crippen LogP contribution is 2.37. The summed E-state index contributed by atoms with van der Waals surface area (Å²) in [6.07, 6.45) is 7.86. The Kier molecular flexibility index (Phi) is 4.67. The van der Waals surface area contributed by atoms with Gasteiger partial charge in [0, 0.05) is 25.5 Å².